The maximum atomic E-state index is 12.2. The first kappa shape index (κ1) is 18.2. The number of furan rings is 1. The van der Waals surface area contributed by atoms with Gasteiger partial charge in [-0.05, 0) is 41.8 Å². The molecule has 1 amide bonds. The molecule has 2 heterocycles. The summed E-state index contributed by atoms with van der Waals surface area (Å²) < 4.78 is 11.1. The molecule has 29 heavy (non-hydrogen) atoms. The summed E-state index contributed by atoms with van der Waals surface area (Å²) in [6, 6.07) is 21.6. The number of fused-ring (bicyclic) bond motifs is 1. The standard InChI is InChI=1S/C22H17N3O4/c26-21-16(12-15-6-4-5-9-19(15)24-21)13-23-25-22(27)20-11-10-18(29-20)14-28-17-7-2-1-3-8-17/h1-13H,14H2,(H,24,26)(H,25,27)/b23-13+. The van der Waals surface area contributed by atoms with Gasteiger partial charge >= 0.3 is 5.91 Å². The third kappa shape index (κ3) is 4.41. The zero-order chi connectivity index (χ0) is 20.1. The van der Waals surface area contributed by atoms with Crippen LogP contribution in [0.2, 0.25) is 0 Å². The molecule has 7 nitrogen and oxygen atoms in total. The molecule has 2 aromatic carbocycles. The number of carbonyl (C=O) groups is 1. The first-order valence-corrected chi connectivity index (χ1v) is 8.91. The van der Waals surface area contributed by atoms with Gasteiger partial charge in [-0.2, -0.15) is 5.10 Å². The lowest BCUT2D eigenvalue weighted by Gasteiger charge is -2.03. The molecule has 4 rings (SSSR count). The van der Waals surface area contributed by atoms with Crippen LogP contribution in [0.5, 0.6) is 5.75 Å². The molecular weight excluding hydrogens is 370 g/mol. The van der Waals surface area contributed by atoms with Crippen LogP contribution in [-0.4, -0.2) is 17.1 Å². The summed E-state index contributed by atoms with van der Waals surface area (Å²) in [5.41, 5.74) is 3.13. The number of hydrazone groups is 1. The number of hydrogen-bond donors (Lipinski definition) is 2. The van der Waals surface area contributed by atoms with Crippen LogP contribution in [0.15, 0.2) is 87.1 Å². The van der Waals surface area contributed by atoms with Gasteiger partial charge in [0, 0.05) is 5.52 Å². The van der Waals surface area contributed by atoms with Crippen molar-refractivity contribution in [1.29, 1.82) is 0 Å². The van der Waals surface area contributed by atoms with Gasteiger partial charge in [0.1, 0.15) is 18.1 Å². The summed E-state index contributed by atoms with van der Waals surface area (Å²) in [6.07, 6.45) is 1.30. The molecule has 4 aromatic rings. The lowest BCUT2D eigenvalue weighted by Crippen LogP contribution is -2.18. The molecule has 144 valence electrons. The van der Waals surface area contributed by atoms with Gasteiger partial charge in [-0.15, -0.1) is 0 Å². The highest BCUT2D eigenvalue weighted by molar-refractivity contribution is 5.93. The first-order valence-electron chi connectivity index (χ1n) is 8.91. The number of ether oxygens (including phenoxy) is 1. The molecule has 0 atom stereocenters. The minimum atomic E-state index is -0.524. The van der Waals surface area contributed by atoms with Gasteiger partial charge < -0.3 is 14.1 Å². The van der Waals surface area contributed by atoms with Crippen molar-refractivity contribution in [3.8, 4) is 5.75 Å². The second-order valence-corrected chi connectivity index (χ2v) is 6.21. The van der Waals surface area contributed by atoms with Gasteiger partial charge in [-0.1, -0.05) is 36.4 Å². The fourth-order valence-electron chi connectivity index (χ4n) is 2.72. The van der Waals surface area contributed by atoms with Crippen LogP contribution in [0.25, 0.3) is 10.9 Å². The van der Waals surface area contributed by atoms with Crippen molar-refractivity contribution in [3.63, 3.8) is 0 Å². The average Bonchev–Trinajstić information content (AvgIpc) is 3.22. The Kier molecular flexibility index (Phi) is 5.20. The van der Waals surface area contributed by atoms with E-state index in [0.29, 0.717) is 17.1 Å². The SMILES string of the molecule is O=C(N/N=C/c1cc2ccccc2[nH]c1=O)c1ccc(COc2ccccc2)o1. The molecule has 0 saturated heterocycles. The lowest BCUT2D eigenvalue weighted by molar-refractivity contribution is 0.0923. The monoisotopic (exact) mass is 387 g/mol. The fraction of sp³-hybridized carbons (Fsp3) is 0.0455. The highest BCUT2D eigenvalue weighted by Crippen LogP contribution is 2.14. The van der Waals surface area contributed by atoms with E-state index in [1.54, 1.807) is 12.1 Å². The van der Waals surface area contributed by atoms with Crippen molar-refractivity contribution in [3.05, 3.63) is 100 Å². The zero-order valence-electron chi connectivity index (χ0n) is 15.3. The Morgan fingerprint density at radius 3 is 2.72 bits per heavy atom. The number of aromatic nitrogens is 1. The number of benzene rings is 2. The van der Waals surface area contributed by atoms with Gasteiger partial charge in [-0.25, -0.2) is 5.43 Å². The van der Waals surface area contributed by atoms with E-state index in [-0.39, 0.29) is 17.9 Å². The summed E-state index contributed by atoms with van der Waals surface area (Å²) in [5.74, 6) is 0.791. The van der Waals surface area contributed by atoms with Gasteiger partial charge in [0.15, 0.2) is 5.76 Å². The van der Waals surface area contributed by atoms with Crippen LogP contribution < -0.4 is 15.7 Å². The number of rotatable bonds is 6. The molecule has 0 bridgehead atoms. The van der Waals surface area contributed by atoms with Crippen molar-refractivity contribution in [1.82, 2.24) is 10.4 Å². The van der Waals surface area contributed by atoms with Gasteiger partial charge in [-0.3, -0.25) is 9.59 Å². The van der Waals surface area contributed by atoms with Crippen LogP contribution >= 0.6 is 0 Å². The Morgan fingerprint density at radius 1 is 1.07 bits per heavy atom. The number of amides is 1. The molecule has 0 fully saturated rings. The number of nitrogens with one attached hydrogen (secondary N) is 2. The van der Waals surface area contributed by atoms with E-state index in [0.717, 1.165) is 10.9 Å². The molecule has 0 saturated carbocycles. The molecule has 7 heteroatoms. The van der Waals surface area contributed by atoms with E-state index in [1.807, 2.05) is 54.6 Å². The minimum absolute atomic E-state index is 0.0984. The number of pyridine rings is 1. The van der Waals surface area contributed by atoms with Crippen LogP contribution in [0.3, 0.4) is 0 Å². The zero-order valence-corrected chi connectivity index (χ0v) is 15.3. The topological polar surface area (TPSA) is 96.7 Å². The molecule has 0 aliphatic rings. The Morgan fingerprint density at radius 2 is 1.86 bits per heavy atom. The van der Waals surface area contributed by atoms with E-state index >= 15 is 0 Å². The minimum Gasteiger partial charge on any atom is -0.486 e. The Labute approximate surface area is 165 Å². The van der Waals surface area contributed by atoms with Gasteiger partial charge in [0.05, 0.1) is 11.8 Å². The molecule has 0 spiro atoms. The number of carbonyl (C=O) groups excluding carboxylic acids is 1. The van der Waals surface area contributed by atoms with E-state index in [1.165, 1.54) is 12.3 Å². The van der Waals surface area contributed by atoms with Crippen LogP contribution in [0.4, 0.5) is 0 Å². The Hall–Kier alpha value is -4.13. The molecular formula is C22H17N3O4. The second kappa shape index (κ2) is 8.26. The summed E-state index contributed by atoms with van der Waals surface area (Å²) >= 11 is 0. The summed E-state index contributed by atoms with van der Waals surface area (Å²) in [7, 11) is 0. The van der Waals surface area contributed by atoms with Gasteiger partial charge in [0.25, 0.3) is 5.56 Å². The predicted molar refractivity (Wildman–Crippen MR) is 109 cm³/mol. The number of aromatic amines is 1. The third-order valence-corrected chi connectivity index (χ3v) is 4.16. The van der Waals surface area contributed by atoms with E-state index in [4.69, 9.17) is 9.15 Å². The van der Waals surface area contributed by atoms with Crippen molar-refractivity contribution >= 4 is 23.0 Å². The van der Waals surface area contributed by atoms with Crippen molar-refractivity contribution < 1.29 is 13.9 Å². The Balaban J connectivity index is 1.38. The van der Waals surface area contributed by atoms with Crippen molar-refractivity contribution in [2.75, 3.05) is 0 Å². The highest BCUT2D eigenvalue weighted by Gasteiger charge is 2.11. The molecule has 0 radical (unpaired) electrons. The fourth-order valence-corrected chi connectivity index (χ4v) is 2.72. The summed E-state index contributed by atoms with van der Waals surface area (Å²) in [4.78, 5) is 27.0. The van der Waals surface area contributed by atoms with Crippen molar-refractivity contribution in [2.45, 2.75) is 6.61 Å². The molecule has 0 unspecified atom stereocenters. The van der Waals surface area contributed by atoms with Gasteiger partial charge in [0.2, 0.25) is 0 Å². The van der Waals surface area contributed by atoms with Crippen LogP contribution in [0.1, 0.15) is 21.9 Å². The smallest absolute Gasteiger partial charge is 0.307 e. The lowest BCUT2D eigenvalue weighted by atomic mass is 10.2. The molecule has 2 N–H and O–H groups in total. The molecule has 2 aromatic heterocycles. The summed E-state index contributed by atoms with van der Waals surface area (Å²) in [5, 5.41) is 4.72. The predicted octanol–water partition coefficient (Wildman–Crippen LogP) is 3.46. The first-order chi connectivity index (χ1) is 14.2. The maximum Gasteiger partial charge on any atom is 0.307 e. The number of nitrogens with zero attached hydrogens (tertiary/aromatic N) is 1. The largest absolute Gasteiger partial charge is 0.486 e. The number of para-hydroxylation sites is 2. The van der Waals surface area contributed by atoms with E-state index in [9.17, 15) is 9.59 Å². The quantitative estimate of drug-likeness (QED) is 0.391. The van der Waals surface area contributed by atoms with Crippen molar-refractivity contribution in [2.24, 2.45) is 5.10 Å². The molecule has 0 aliphatic carbocycles. The Bertz CT molecular complexity index is 1230. The van der Waals surface area contributed by atoms with E-state index < -0.39 is 5.91 Å². The van der Waals surface area contributed by atoms with E-state index in [2.05, 4.69) is 15.5 Å². The maximum absolute atomic E-state index is 12.2. The third-order valence-electron chi connectivity index (χ3n) is 4.16. The number of hydrogen-bond acceptors (Lipinski definition) is 5. The normalized spacial score (nSPS) is 11.0. The average molecular weight is 387 g/mol. The van der Waals surface area contributed by atoms with Crippen LogP contribution in [0, 0.1) is 0 Å². The summed E-state index contributed by atoms with van der Waals surface area (Å²) in [6.45, 7) is 0.201. The van der Waals surface area contributed by atoms with Crippen LogP contribution in [-0.2, 0) is 6.61 Å². The highest BCUT2D eigenvalue weighted by atomic mass is 16.5. The second-order valence-electron chi connectivity index (χ2n) is 6.21. The number of H-pyrrole nitrogens is 1. The molecule has 0 aliphatic heterocycles.